The number of ether oxygens (including phenoxy) is 1. The van der Waals surface area contributed by atoms with Crippen LogP contribution in [-0.2, 0) is 4.79 Å². The lowest BCUT2D eigenvalue weighted by atomic mass is 9.95. The number of aryl methyl sites for hydroxylation is 1. The highest BCUT2D eigenvalue weighted by Crippen LogP contribution is 2.21. The van der Waals surface area contributed by atoms with E-state index < -0.39 is 0 Å². The van der Waals surface area contributed by atoms with Crippen LogP contribution in [0.1, 0.15) is 31.7 Å². The molecule has 0 spiro atoms. The molecule has 0 saturated carbocycles. The largest absolute Gasteiger partial charge is 0.494 e. The average molecular weight is 361 g/mol. The van der Waals surface area contributed by atoms with E-state index >= 15 is 0 Å². The van der Waals surface area contributed by atoms with E-state index in [1.807, 2.05) is 25.1 Å². The SMILES string of the molecule is Cc1cc(OCCCC(=O)NC2CCNCC2C)ccc1Cl.Cl. The fraction of sp³-hybridized carbons (Fsp3) is 0.588. The summed E-state index contributed by atoms with van der Waals surface area (Å²) in [6, 6.07) is 5.90. The number of carbonyl (C=O) groups is 1. The lowest BCUT2D eigenvalue weighted by molar-refractivity contribution is -0.122. The predicted molar refractivity (Wildman–Crippen MR) is 96.7 cm³/mol. The van der Waals surface area contributed by atoms with E-state index in [2.05, 4.69) is 17.6 Å². The molecule has 0 aliphatic carbocycles. The molecule has 0 aromatic heterocycles. The lowest BCUT2D eigenvalue weighted by Gasteiger charge is -2.30. The van der Waals surface area contributed by atoms with Gasteiger partial charge >= 0.3 is 0 Å². The highest BCUT2D eigenvalue weighted by Gasteiger charge is 2.22. The molecule has 0 bridgehead atoms. The zero-order valence-corrected chi connectivity index (χ0v) is 15.3. The number of halogens is 2. The Morgan fingerprint density at radius 1 is 1.48 bits per heavy atom. The number of rotatable bonds is 6. The van der Waals surface area contributed by atoms with E-state index in [-0.39, 0.29) is 18.3 Å². The van der Waals surface area contributed by atoms with Gasteiger partial charge < -0.3 is 15.4 Å². The first-order valence-corrected chi connectivity index (χ1v) is 8.33. The minimum Gasteiger partial charge on any atom is -0.494 e. The molecule has 1 aliphatic rings. The lowest BCUT2D eigenvalue weighted by Crippen LogP contribution is -2.48. The maximum atomic E-state index is 12.0. The molecule has 23 heavy (non-hydrogen) atoms. The quantitative estimate of drug-likeness (QED) is 0.764. The van der Waals surface area contributed by atoms with E-state index in [0.29, 0.717) is 31.4 Å². The molecule has 1 amide bonds. The molecule has 4 nitrogen and oxygen atoms in total. The van der Waals surface area contributed by atoms with Crippen molar-refractivity contribution in [1.82, 2.24) is 10.6 Å². The van der Waals surface area contributed by atoms with Gasteiger partial charge in [-0.05, 0) is 62.5 Å². The second-order valence-corrected chi connectivity index (χ2v) is 6.41. The number of hydrogen-bond donors (Lipinski definition) is 2. The summed E-state index contributed by atoms with van der Waals surface area (Å²) in [4.78, 5) is 12.0. The minimum atomic E-state index is 0. The molecule has 2 N–H and O–H groups in total. The van der Waals surface area contributed by atoms with Crippen LogP contribution in [0, 0.1) is 12.8 Å². The smallest absolute Gasteiger partial charge is 0.220 e. The number of nitrogens with one attached hydrogen (secondary N) is 2. The maximum absolute atomic E-state index is 12.0. The summed E-state index contributed by atoms with van der Waals surface area (Å²) >= 11 is 5.97. The van der Waals surface area contributed by atoms with Gasteiger partial charge in [-0.1, -0.05) is 18.5 Å². The van der Waals surface area contributed by atoms with E-state index in [1.165, 1.54) is 0 Å². The highest BCUT2D eigenvalue weighted by molar-refractivity contribution is 6.31. The molecule has 2 rings (SSSR count). The fourth-order valence-electron chi connectivity index (χ4n) is 2.64. The second kappa shape index (κ2) is 10.0. The summed E-state index contributed by atoms with van der Waals surface area (Å²) in [5.41, 5.74) is 0.997. The van der Waals surface area contributed by atoms with Crippen molar-refractivity contribution in [1.29, 1.82) is 0 Å². The molecule has 1 fully saturated rings. The van der Waals surface area contributed by atoms with Crippen LogP contribution in [0.25, 0.3) is 0 Å². The van der Waals surface area contributed by atoms with E-state index in [9.17, 15) is 4.79 Å². The van der Waals surface area contributed by atoms with Crippen LogP contribution in [-0.4, -0.2) is 31.6 Å². The molecule has 130 valence electrons. The van der Waals surface area contributed by atoms with Crippen LogP contribution in [0.4, 0.5) is 0 Å². The third-order valence-electron chi connectivity index (χ3n) is 4.08. The first-order chi connectivity index (χ1) is 10.6. The van der Waals surface area contributed by atoms with Gasteiger partial charge in [-0.2, -0.15) is 0 Å². The third kappa shape index (κ3) is 6.58. The summed E-state index contributed by atoms with van der Waals surface area (Å²) in [6.07, 6.45) is 2.23. The van der Waals surface area contributed by atoms with Crippen molar-refractivity contribution in [3.63, 3.8) is 0 Å². The molecule has 2 atom stereocenters. The van der Waals surface area contributed by atoms with Gasteiger partial charge in [0.05, 0.1) is 6.61 Å². The first kappa shape index (κ1) is 20.1. The number of carbonyl (C=O) groups excluding carboxylic acids is 1. The Bertz CT molecular complexity index is 511. The Kier molecular flexibility index (Phi) is 8.74. The van der Waals surface area contributed by atoms with Gasteiger partial charge in [0.2, 0.25) is 5.91 Å². The van der Waals surface area contributed by atoms with Crippen LogP contribution in [0.15, 0.2) is 18.2 Å². The molecular weight excluding hydrogens is 335 g/mol. The predicted octanol–water partition coefficient (Wildman–Crippen LogP) is 3.34. The van der Waals surface area contributed by atoms with Crippen LogP contribution in [0.3, 0.4) is 0 Å². The van der Waals surface area contributed by atoms with Gasteiger partial charge in [0.15, 0.2) is 0 Å². The summed E-state index contributed by atoms with van der Waals surface area (Å²) in [5, 5.41) is 7.21. The van der Waals surface area contributed by atoms with Crippen molar-refractivity contribution in [2.24, 2.45) is 5.92 Å². The topological polar surface area (TPSA) is 50.4 Å². The third-order valence-corrected chi connectivity index (χ3v) is 4.50. The summed E-state index contributed by atoms with van der Waals surface area (Å²) < 4.78 is 5.65. The van der Waals surface area contributed by atoms with Gasteiger partial charge in [-0.25, -0.2) is 0 Å². The van der Waals surface area contributed by atoms with Gasteiger partial charge in [0.1, 0.15) is 5.75 Å². The van der Waals surface area contributed by atoms with Gasteiger partial charge in [0.25, 0.3) is 0 Å². The summed E-state index contributed by atoms with van der Waals surface area (Å²) in [6.45, 7) is 6.61. The Balaban J connectivity index is 0.00000264. The standard InChI is InChI=1S/C17H25ClN2O2.ClH/c1-12-10-14(5-6-15(12)18)22-9-3-4-17(21)20-16-7-8-19-11-13(16)2;/h5-6,10,13,16,19H,3-4,7-9,11H2,1-2H3,(H,20,21);1H. The van der Waals surface area contributed by atoms with E-state index in [4.69, 9.17) is 16.3 Å². The molecular formula is C17H26Cl2N2O2. The summed E-state index contributed by atoms with van der Waals surface area (Å²) in [7, 11) is 0. The van der Waals surface area contributed by atoms with Gasteiger partial charge in [-0.15, -0.1) is 12.4 Å². The highest BCUT2D eigenvalue weighted by atomic mass is 35.5. The minimum absolute atomic E-state index is 0. The zero-order chi connectivity index (χ0) is 15.9. The van der Waals surface area contributed by atoms with Crippen LogP contribution in [0.5, 0.6) is 5.75 Å². The molecule has 1 aliphatic heterocycles. The Morgan fingerprint density at radius 2 is 2.26 bits per heavy atom. The van der Waals surface area contributed by atoms with Crippen molar-refractivity contribution in [2.45, 2.75) is 39.2 Å². The first-order valence-electron chi connectivity index (χ1n) is 7.95. The number of piperidine rings is 1. The van der Waals surface area contributed by atoms with Gasteiger partial charge in [-0.3, -0.25) is 4.79 Å². The Hall–Kier alpha value is -0.970. The Labute approximate surface area is 149 Å². The van der Waals surface area contributed by atoms with E-state index in [0.717, 1.165) is 35.8 Å². The number of amides is 1. The van der Waals surface area contributed by atoms with Crippen molar-refractivity contribution in [3.05, 3.63) is 28.8 Å². The van der Waals surface area contributed by atoms with Crippen LogP contribution in [0.2, 0.25) is 5.02 Å². The zero-order valence-electron chi connectivity index (χ0n) is 13.7. The summed E-state index contributed by atoms with van der Waals surface area (Å²) in [5.74, 6) is 1.41. The molecule has 6 heteroatoms. The molecule has 1 saturated heterocycles. The maximum Gasteiger partial charge on any atom is 0.220 e. The molecule has 1 heterocycles. The normalized spacial score (nSPS) is 20.5. The number of benzene rings is 1. The van der Waals surface area contributed by atoms with Gasteiger partial charge in [0, 0.05) is 17.5 Å². The fourth-order valence-corrected chi connectivity index (χ4v) is 2.75. The van der Waals surface area contributed by atoms with Crippen molar-refractivity contribution in [2.75, 3.05) is 19.7 Å². The molecule has 0 radical (unpaired) electrons. The van der Waals surface area contributed by atoms with Crippen molar-refractivity contribution < 1.29 is 9.53 Å². The van der Waals surface area contributed by atoms with Crippen LogP contribution < -0.4 is 15.4 Å². The van der Waals surface area contributed by atoms with Crippen LogP contribution >= 0.6 is 24.0 Å². The van der Waals surface area contributed by atoms with Crippen molar-refractivity contribution in [3.8, 4) is 5.75 Å². The Morgan fingerprint density at radius 3 is 2.96 bits per heavy atom. The van der Waals surface area contributed by atoms with E-state index in [1.54, 1.807) is 0 Å². The molecule has 1 aromatic rings. The average Bonchev–Trinajstić information content (AvgIpc) is 2.49. The second-order valence-electron chi connectivity index (χ2n) is 6.01. The molecule has 2 unspecified atom stereocenters. The monoisotopic (exact) mass is 360 g/mol. The molecule has 1 aromatic carbocycles. The number of hydrogen-bond acceptors (Lipinski definition) is 3. The van der Waals surface area contributed by atoms with Crippen molar-refractivity contribution >= 4 is 29.9 Å².